The molecule has 0 unspecified atom stereocenters. The standard InChI is InChI=1S/C20H21N9/c21-13-3-5-29(6-4-13)19-11-23-10-18(25-19)20-15-7-12(1-2-16(15)27-28-20)17-8-14(22)9-24-26-17/h1-2,7-11,13H,3-6,21H2,(H2,22,26)(H,27,28). The smallest absolute Gasteiger partial charge is 0.147 e. The number of hydrogen-bond donors (Lipinski definition) is 3. The second-order valence-corrected chi connectivity index (χ2v) is 7.29. The first-order valence-electron chi connectivity index (χ1n) is 9.57. The molecular weight excluding hydrogens is 366 g/mol. The van der Waals surface area contributed by atoms with Crippen molar-refractivity contribution in [1.82, 2.24) is 30.4 Å². The average molecular weight is 387 g/mol. The topological polar surface area (TPSA) is 136 Å². The first-order valence-corrected chi connectivity index (χ1v) is 9.57. The first-order chi connectivity index (χ1) is 14.2. The number of nitrogens with zero attached hydrogens (tertiary/aromatic N) is 6. The summed E-state index contributed by atoms with van der Waals surface area (Å²) in [5, 5.41) is 16.6. The molecule has 0 saturated carbocycles. The fourth-order valence-electron chi connectivity index (χ4n) is 3.64. The Kier molecular flexibility index (Phi) is 4.28. The highest BCUT2D eigenvalue weighted by atomic mass is 15.2. The van der Waals surface area contributed by atoms with Crippen molar-refractivity contribution < 1.29 is 0 Å². The number of rotatable bonds is 3. The van der Waals surface area contributed by atoms with Crippen molar-refractivity contribution in [3.05, 3.63) is 42.9 Å². The van der Waals surface area contributed by atoms with Crippen molar-refractivity contribution in [1.29, 1.82) is 0 Å². The van der Waals surface area contributed by atoms with Gasteiger partial charge in [-0.25, -0.2) is 4.98 Å². The molecule has 29 heavy (non-hydrogen) atoms. The monoisotopic (exact) mass is 387 g/mol. The number of H-pyrrole nitrogens is 1. The lowest BCUT2D eigenvalue weighted by molar-refractivity contribution is 0.498. The lowest BCUT2D eigenvalue weighted by Crippen LogP contribution is -2.40. The number of nitrogen functional groups attached to an aromatic ring is 1. The third-order valence-corrected chi connectivity index (χ3v) is 5.26. The van der Waals surface area contributed by atoms with Gasteiger partial charge in [-0.05, 0) is 31.0 Å². The number of nitrogens with two attached hydrogens (primary N) is 2. The van der Waals surface area contributed by atoms with Crippen molar-refractivity contribution in [2.24, 2.45) is 5.73 Å². The fourth-order valence-corrected chi connectivity index (χ4v) is 3.64. The van der Waals surface area contributed by atoms with Crippen LogP contribution in [0.25, 0.3) is 33.5 Å². The van der Waals surface area contributed by atoms with Crippen molar-refractivity contribution in [3.63, 3.8) is 0 Å². The summed E-state index contributed by atoms with van der Waals surface area (Å²) >= 11 is 0. The number of nitrogens with one attached hydrogen (secondary N) is 1. The quantitative estimate of drug-likeness (QED) is 0.485. The molecule has 0 atom stereocenters. The Bertz CT molecular complexity index is 1160. The Hall–Kier alpha value is -3.59. The molecule has 1 fully saturated rings. The number of anilines is 2. The molecule has 1 aromatic carbocycles. The molecule has 4 aromatic rings. The van der Waals surface area contributed by atoms with E-state index in [0.29, 0.717) is 11.4 Å². The van der Waals surface area contributed by atoms with Gasteiger partial charge in [-0.15, -0.1) is 0 Å². The maximum atomic E-state index is 6.02. The second kappa shape index (κ2) is 7.10. The minimum atomic E-state index is 0.270. The van der Waals surface area contributed by atoms with Crippen molar-refractivity contribution in [2.75, 3.05) is 23.7 Å². The van der Waals surface area contributed by atoms with Gasteiger partial charge in [0, 0.05) is 30.1 Å². The summed E-state index contributed by atoms with van der Waals surface area (Å²) in [4.78, 5) is 11.5. The van der Waals surface area contributed by atoms with Crippen molar-refractivity contribution >= 4 is 22.4 Å². The normalized spacial score (nSPS) is 15.1. The molecule has 0 aliphatic carbocycles. The number of aromatic nitrogens is 6. The van der Waals surface area contributed by atoms with Gasteiger partial charge < -0.3 is 16.4 Å². The molecule has 1 aliphatic heterocycles. The molecule has 4 heterocycles. The summed E-state index contributed by atoms with van der Waals surface area (Å²) in [6.07, 6.45) is 6.98. The van der Waals surface area contributed by atoms with E-state index < -0.39 is 0 Å². The van der Waals surface area contributed by atoms with Gasteiger partial charge in [0.05, 0.1) is 35.5 Å². The second-order valence-electron chi connectivity index (χ2n) is 7.29. The summed E-state index contributed by atoms with van der Waals surface area (Å²) in [6.45, 7) is 1.78. The van der Waals surface area contributed by atoms with Gasteiger partial charge >= 0.3 is 0 Å². The summed E-state index contributed by atoms with van der Waals surface area (Å²) in [5.74, 6) is 0.850. The predicted molar refractivity (Wildman–Crippen MR) is 112 cm³/mol. The molecule has 0 radical (unpaired) electrons. The molecule has 0 bridgehead atoms. The summed E-state index contributed by atoms with van der Waals surface area (Å²) in [6, 6.07) is 8.02. The van der Waals surface area contributed by atoms with Crippen LogP contribution in [0.15, 0.2) is 42.9 Å². The molecule has 3 aromatic heterocycles. The largest absolute Gasteiger partial charge is 0.397 e. The molecule has 5 rings (SSSR count). The van der Waals surface area contributed by atoms with E-state index >= 15 is 0 Å². The zero-order chi connectivity index (χ0) is 19.8. The van der Waals surface area contributed by atoms with Crippen LogP contribution in [0.4, 0.5) is 11.5 Å². The van der Waals surface area contributed by atoms with Crippen LogP contribution in [0.3, 0.4) is 0 Å². The third kappa shape index (κ3) is 3.36. The highest BCUT2D eigenvalue weighted by Gasteiger charge is 2.19. The van der Waals surface area contributed by atoms with E-state index in [2.05, 4.69) is 30.3 Å². The van der Waals surface area contributed by atoms with Gasteiger partial charge in [0.2, 0.25) is 0 Å². The Morgan fingerprint density at radius 1 is 1.03 bits per heavy atom. The Morgan fingerprint density at radius 3 is 2.72 bits per heavy atom. The molecule has 0 amide bonds. The highest BCUT2D eigenvalue weighted by Crippen LogP contribution is 2.30. The summed E-state index contributed by atoms with van der Waals surface area (Å²) < 4.78 is 0. The van der Waals surface area contributed by atoms with Gasteiger partial charge in [0.1, 0.15) is 17.2 Å². The molecule has 0 spiro atoms. The van der Waals surface area contributed by atoms with E-state index in [9.17, 15) is 0 Å². The van der Waals surface area contributed by atoms with Crippen LogP contribution in [0.2, 0.25) is 0 Å². The summed E-state index contributed by atoms with van der Waals surface area (Å²) in [7, 11) is 0. The van der Waals surface area contributed by atoms with Gasteiger partial charge in [0.15, 0.2) is 0 Å². The molecule has 9 nitrogen and oxygen atoms in total. The molecule has 1 saturated heterocycles. The predicted octanol–water partition coefficient (Wildman–Crippen LogP) is 1.99. The van der Waals surface area contributed by atoms with Crippen LogP contribution in [0.1, 0.15) is 12.8 Å². The van der Waals surface area contributed by atoms with Gasteiger partial charge in [0.25, 0.3) is 0 Å². The number of aromatic amines is 1. The van der Waals surface area contributed by atoms with Crippen molar-refractivity contribution in [3.8, 4) is 22.6 Å². The summed E-state index contributed by atoms with van der Waals surface area (Å²) in [5.41, 5.74) is 16.5. The zero-order valence-corrected chi connectivity index (χ0v) is 15.8. The number of benzene rings is 1. The third-order valence-electron chi connectivity index (χ3n) is 5.26. The van der Waals surface area contributed by atoms with E-state index in [4.69, 9.17) is 16.5 Å². The van der Waals surface area contributed by atoms with Crippen LogP contribution in [0.5, 0.6) is 0 Å². The van der Waals surface area contributed by atoms with Crippen molar-refractivity contribution in [2.45, 2.75) is 18.9 Å². The van der Waals surface area contributed by atoms with Crippen LogP contribution in [0, 0.1) is 0 Å². The first kappa shape index (κ1) is 17.5. The fraction of sp³-hybridized carbons (Fsp3) is 0.250. The average Bonchev–Trinajstić information content (AvgIpc) is 3.18. The maximum absolute atomic E-state index is 6.02. The van der Waals surface area contributed by atoms with Crippen LogP contribution in [-0.2, 0) is 0 Å². The number of fused-ring (bicyclic) bond motifs is 1. The molecular formula is C20H21N9. The van der Waals surface area contributed by atoms with Crippen LogP contribution < -0.4 is 16.4 Å². The zero-order valence-electron chi connectivity index (χ0n) is 15.8. The Morgan fingerprint density at radius 2 is 1.90 bits per heavy atom. The van der Waals surface area contributed by atoms with Crippen LogP contribution >= 0.6 is 0 Å². The maximum Gasteiger partial charge on any atom is 0.147 e. The molecule has 146 valence electrons. The Labute approximate surface area is 167 Å². The van der Waals surface area contributed by atoms with E-state index in [1.54, 1.807) is 18.5 Å². The number of hydrogen-bond acceptors (Lipinski definition) is 8. The van der Waals surface area contributed by atoms with E-state index in [0.717, 1.165) is 59.6 Å². The minimum Gasteiger partial charge on any atom is -0.397 e. The number of piperidine rings is 1. The van der Waals surface area contributed by atoms with E-state index in [1.165, 1.54) is 6.20 Å². The van der Waals surface area contributed by atoms with Gasteiger partial charge in [-0.2, -0.15) is 15.3 Å². The highest BCUT2D eigenvalue weighted by molar-refractivity contribution is 5.94. The molecule has 1 aliphatic rings. The molecule has 9 heteroatoms. The molecule has 5 N–H and O–H groups in total. The van der Waals surface area contributed by atoms with E-state index in [1.807, 2.05) is 18.2 Å². The van der Waals surface area contributed by atoms with E-state index in [-0.39, 0.29) is 6.04 Å². The Balaban J connectivity index is 1.53. The van der Waals surface area contributed by atoms with Crippen LogP contribution in [-0.4, -0.2) is 49.5 Å². The minimum absolute atomic E-state index is 0.270. The SMILES string of the molecule is Nc1cnnc(-c2ccc3[nH]nc(-c4cncc(N5CCC(N)CC5)n4)c3c2)c1. The lowest BCUT2D eigenvalue weighted by atomic mass is 10.1. The van der Waals surface area contributed by atoms with Gasteiger partial charge in [-0.3, -0.25) is 10.1 Å². The van der Waals surface area contributed by atoms with Gasteiger partial charge in [-0.1, -0.05) is 6.07 Å². The lowest BCUT2D eigenvalue weighted by Gasteiger charge is -2.30.